The minimum Gasteiger partial charge on any atom is -0.478 e. The summed E-state index contributed by atoms with van der Waals surface area (Å²) < 4.78 is 0. The lowest BCUT2D eigenvalue weighted by Gasteiger charge is -2.17. The molecule has 2 N–H and O–H groups in total. The van der Waals surface area contributed by atoms with E-state index in [0.717, 1.165) is 12.1 Å². The van der Waals surface area contributed by atoms with Crippen molar-refractivity contribution in [1.29, 1.82) is 0 Å². The van der Waals surface area contributed by atoms with Gasteiger partial charge in [0.05, 0.1) is 11.5 Å². The van der Waals surface area contributed by atoms with Gasteiger partial charge in [0.1, 0.15) is 0 Å². The summed E-state index contributed by atoms with van der Waals surface area (Å²) in [6.45, 7) is 2.38. The molecular formula is C20H20N2O4. The van der Waals surface area contributed by atoms with Crippen molar-refractivity contribution in [2.45, 2.75) is 19.8 Å². The van der Waals surface area contributed by atoms with Crippen LogP contribution in [0.2, 0.25) is 0 Å². The molecule has 0 radical (unpaired) electrons. The number of carboxylic acid groups (broad SMARTS) is 1. The van der Waals surface area contributed by atoms with E-state index in [1.54, 1.807) is 17.0 Å². The summed E-state index contributed by atoms with van der Waals surface area (Å²) in [7, 11) is 0. The Morgan fingerprint density at radius 3 is 2.58 bits per heavy atom. The zero-order valence-electron chi connectivity index (χ0n) is 14.4. The summed E-state index contributed by atoms with van der Waals surface area (Å²) >= 11 is 0. The maximum Gasteiger partial charge on any atom is 0.335 e. The predicted molar refractivity (Wildman–Crippen MR) is 98.3 cm³/mol. The Morgan fingerprint density at radius 1 is 1.19 bits per heavy atom. The van der Waals surface area contributed by atoms with Crippen molar-refractivity contribution in [3.05, 3.63) is 59.7 Å². The van der Waals surface area contributed by atoms with Crippen LogP contribution in [0.15, 0.2) is 48.5 Å². The maximum atomic E-state index is 12.5. The molecule has 1 aliphatic rings. The van der Waals surface area contributed by atoms with Gasteiger partial charge in [-0.3, -0.25) is 9.59 Å². The topological polar surface area (TPSA) is 86.7 Å². The van der Waals surface area contributed by atoms with Gasteiger partial charge < -0.3 is 15.3 Å². The van der Waals surface area contributed by atoms with Crippen LogP contribution in [0.1, 0.15) is 29.3 Å². The molecule has 0 saturated carbocycles. The molecule has 6 heteroatoms. The second-order valence-corrected chi connectivity index (χ2v) is 6.30. The number of carbonyl (C=O) groups excluding carboxylic acids is 2. The molecule has 1 atom stereocenters. The number of aromatic carboxylic acids is 1. The van der Waals surface area contributed by atoms with Gasteiger partial charge in [-0.25, -0.2) is 4.79 Å². The van der Waals surface area contributed by atoms with Crippen molar-refractivity contribution >= 4 is 29.2 Å². The summed E-state index contributed by atoms with van der Waals surface area (Å²) in [5.41, 5.74) is 2.49. The first-order valence-electron chi connectivity index (χ1n) is 8.51. The monoisotopic (exact) mass is 352 g/mol. The van der Waals surface area contributed by atoms with E-state index in [2.05, 4.69) is 12.2 Å². The van der Waals surface area contributed by atoms with E-state index in [-0.39, 0.29) is 23.8 Å². The molecule has 0 aliphatic carbocycles. The van der Waals surface area contributed by atoms with Crippen LogP contribution in [0.3, 0.4) is 0 Å². The summed E-state index contributed by atoms with van der Waals surface area (Å²) in [6, 6.07) is 13.8. The second-order valence-electron chi connectivity index (χ2n) is 6.30. The molecule has 0 spiro atoms. The Morgan fingerprint density at radius 2 is 1.92 bits per heavy atom. The average Bonchev–Trinajstić information content (AvgIpc) is 3.04. The Kier molecular flexibility index (Phi) is 5.02. The van der Waals surface area contributed by atoms with Crippen LogP contribution in [0.5, 0.6) is 0 Å². The van der Waals surface area contributed by atoms with Crippen molar-refractivity contribution in [2.24, 2.45) is 5.92 Å². The van der Waals surface area contributed by atoms with Gasteiger partial charge in [0.2, 0.25) is 11.8 Å². The highest BCUT2D eigenvalue weighted by molar-refractivity contribution is 6.03. The predicted octanol–water partition coefficient (Wildman–Crippen LogP) is 2.94. The van der Waals surface area contributed by atoms with E-state index in [1.807, 2.05) is 24.3 Å². The Labute approximate surface area is 151 Å². The van der Waals surface area contributed by atoms with Crippen LogP contribution >= 0.6 is 0 Å². The van der Waals surface area contributed by atoms with E-state index < -0.39 is 11.9 Å². The zero-order chi connectivity index (χ0) is 18.7. The molecule has 0 unspecified atom stereocenters. The molecular weight excluding hydrogens is 332 g/mol. The summed E-state index contributed by atoms with van der Waals surface area (Å²) in [5, 5.41) is 11.7. The van der Waals surface area contributed by atoms with Gasteiger partial charge in [0.15, 0.2) is 0 Å². The zero-order valence-corrected chi connectivity index (χ0v) is 14.4. The highest BCUT2D eigenvalue weighted by Crippen LogP contribution is 2.26. The maximum absolute atomic E-state index is 12.5. The highest BCUT2D eigenvalue weighted by atomic mass is 16.4. The van der Waals surface area contributed by atoms with Gasteiger partial charge in [0.25, 0.3) is 0 Å². The van der Waals surface area contributed by atoms with E-state index in [0.29, 0.717) is 12.2 Å². The normalized spacial score (nSPS) is 16.6. The number of anilines is 2. The van der Waals surface area contributed by atoms with Crippen LogP contribution in [-0.2, 0) is 16.0 Å². The summed E-state index contributed by atoms with van der Waals surface area (Å²) in [6.07, 6.45) is 1.06. The number of hydrogen-bond acceptors (Lipinski definition) is 3. The smallest absolute Gasteiger partial charge is 0.335 e. The van der Waals surface area contributed by atoms with E-state index in [1.165, 1.54) is 17.7 Å². The molecule has 2 aromatic carbocycles. The van der Waals surface area contributed by atoms with E-state index in [4.69, 9.17) is 5.11 Å². The molecule has 3 rings (SSSR count). The number of rotatable bonds is 5. The van der Waals surface area contributed by atoms with Gasteiger partial charge in [-0.2, -0.15) is 0 Å². The third-order valence-electron chi connectivity index (χ3n) is 4.53. The third-order valence-corrected chi connectivity index (χ3v) is 4.53. The molecule has 134 valence electrons. The summed E-state index contributed by atoms with van der Waals surface area (Å²) in [5.74, 6) is -1.90. The molecule has 0 aromatic heterocycles. The van der Waals surface area contributed by atoms with Crippen molar-refractivity contribution < 1.29 is 19.5 Å². The third kappa shape index (κ3) is 3.74. The number of hydrogen-bond donors (Lipinski definition) is 2. The van der Waals surface area contributed by atoms with Crippen molar-refractivity contribution in [3.63, 3.8) is 0 Å². The number of benzene rings is 2. The molecule has 0 bridgehead atoms. The fourth-order valence-electron chi connectivity index (χ4n) is 3.02. The van der Waals surface area contributed by atoms with Crippen LogP contribution in [0.25, 0.3) is 0 Å². The van der Waals surface area contributed by atoms with Crippen molar-refractivity contribution in [3.8, 4) is 0 Å². The Hall–Kier alpha value is -3.15. The fourth-order valence-corrected chi connectivity index (χ4v) is 3.02. The number of aryl methyl sites for hydroxylation is 1. The first-order chi connectivity index (χ1) is 12.5. The molecule has 26 heavy (non-hydrogen) atoms. The number of carboxylic acids is 1. The SMILES string of the molecule is CCc1ccc(N2C[C@H](C(=O)Nc3cccc(C(=O)O)c3)CC2=O)cc1. The van der Waals surface area contributed by atoms with Gasteiger partial charge in [-0.15, -0.1) is 0 Å². The standard InChI is InChI=1S/C20H20N2O4/c1-2-13-6-8-17(9-7-13)22-12-15(11-18(22)23)19(24)21-16-5-3-4-14(10-16)20(25)26/h3-10,15H,2,11-12H2,1H3,(H,21,24)(H,25,26)/t15-/m1/s1. The molecule has 1 fully saturated rings. The molecule has 1 heterocycles. The van der Waals surface area contributed by atoms with Crippen LogP contribution in [-0.4, -0.2) is 29.4 Å². The number of nitrogens with one attached hydrogen (secondary N) is 1. The van der Waals surface area contributed by atoms with Gasteiger partial charge in [0, 0.05) is 24.3 Å². The number of amides is 2. The van der Waals surface area contributed by atoms with Crippen molar-refractivity contribution in [2.75, 3.05) is 16.8 Å². The molecule has 1 saturated heterocycles. The van der Waals surface area contributed by atoms with E-state index in [9.17, 15) is 14.4 Å². The molecule has 2 amide bonds. The van der Waals surface area contributed by atoms with Gasteiger partial charge >= 0.3 is 5.97 Å². The first kappa shape index (κ1) is 17.7. The lowest BCUT2D eigenvalue weighted by atomic mass is 10.1. The second kappa shape index (κ2) is 7.39. The lowest BCUT2D eigenvalue weighted by Crippen LogP contribution is -2.28. The van der Waals surface area contributed by atoms with Crippen molar-refractivity contribution in [1.82, 2.24) is 0 Å². The average molecular weight is 352 g/mol. The minimum atomic E-state index is -1.06. The first-order valence-corrected chi connectivity index (χ1v) is 8.51. The quantitative estimate of drug-likeness (QED) is 0.866. The molecule has 6 nitrogen and oxygen atoms in total. The lowest BCUT2D eigenvalue weighted by molar-refractivity contribution is -0.122. The van der Waals surface area contributed by atoms with Gasteiger partial charge in [-0.1, -0.05) is 25.1 Å². The fraction of sp³-hybridized carbons (Fsp3) is 0.250. The number of nitrogens with zero attached hydrogens (tertiary/aromatic N) is 1. The molecule has 2 aromatic rings. The Bertz CT molecular complexity index is 845. The van der Waals surface area contributed by atoms with Crippen LogP contribution < -0.4 is 10.2 Å². The highest BCUT2D eigenvalue weighted by Gasteiger charge is 2.35. The van der Waals surface area contributed by atoms with Crippen LogP contribution in [0.4, 0.5) is 11.4 Å². The Balaban J connectivity index is 1.68. The number of carbonyl (C=O) groups is 3. The largest absolute Gasteiger partial charge is 0.478 e. The summed E-state index contributed by atoms with van der Waals surface area (Å²) in [4.78, 5) is 37.4. The van der Waals surface area contributed by atoms with E-state index >= 15 is 0 Å². The molecule has 1 aliphatic heterocycles. The van der Waals surface area contributed by atoms with Gasteiger partial charge in [-0.05, 0) is 42.3 Å². The minimum absolute atomic E-state index is 0.0892. The van der Waals surface area contributed by atoms with Crippen LogP contribution in [0, 0.1) is 5.92 Å².